The molecule has 4 heteroatoms. The molecule has 1 fully saturated rings. The van der Waals surface area contributed by atoms with E-state index < -0.39 is 18.3 Å². The predicted molar refractivity (Wildman–Crippen MR) is 82.4 cm³/mol. The fourth-order valence-electron chi connectivity index (χ4n) is 2.62. The number of hydrogen-bond donors (Lipinski definition) is 1. The lowest BCUT2D eigenvalue weighted by Crippen LogP contribution is -2.41. The van der Waals surface area contributed by atoms with E-state index in [9.17, 15) is 5.11 Å². The van der Waals surface area contributed by atoms with Crippen LogP contribution >= 0.6 is 0 Å². The average Bonchev–Trinajstić information content (AvgIpc) is 2.51. The summed E-state index contributed by atoms with van der Waals surface area (Å²) >= 11 is 0. The molecule has 1 N–H and O–H groups in total. The highest BCUT2D eigenvalue weighted by Gasteiger charge is 2.53. The van der Waals surface area contributed by atoms with Crippen LogP contribution < -0.4 is 0 Å². The van der Waals surface area contributed by atoms with Gasteiger partial charge in [0.15, 0.2) is 0 Å². The van der Waals surface area contributed by atoms with Crippen molar-refractivity contribution in [3.8, 4) is 0 Å². The van der Waals surface area contributed by atoms with Gasteiger partial charge < -0.3 is 14.4 Å². The molecular formula is C16H25BO3. The molecule has 20 heavy (non-hydrogen) atoms. The van der Waals surface area contributed by atoms with Gasteiger partial charge in [0.2, 0.25) is 0 Å². The lowest BCUT2D eigenvalue weighted by Gasteiger charge is -2.32. The van der Waals surface area contributed by atoms with Crippen molar-refractivity contribution in [2.45, 2.75) is 59.2 Å². The average molecular weight is 276 g/mol. The molecule has 1 saturated heterocycles. The Morgan fingerprint density at radius 1 is 1.15 bits per heavy atom. The minimum absolute atomic E-state index is 0.0469. The van der Waals surface area contributed by atoms with Gasteiger partial charge in [0.25, 0.3) is 0 Å². The van der Waals surface area contributed by atoms with E-state index in [1.807, 2.05) is 27.7 Å². The molecule has 0 aromatic carbocycles. The van der Waals surface area contributed by atoms with E-state index in [0.717, 1.165) is 17.5 Å². The van der Waals surface area contributed by atoms with Gasteiger partial charge in [-0.25, -0.2) is 0 Å². The molecule has 0 atom stereocenters. The van der Waals surface area contributed by atoms with E-state index in [-0.39, 0.29) is 11.2 Å². The van der Waals surface area contributed by atoms with E-state index in [4.69, 9.17) is 9.31 Å². The minimum Gasteiger partial charge on any atom is -0.508 e. The molecule has 1 aliphatic carbocycles. The molecule has 0 aromatic rings. The lowest BCUT2D eigenvalue weighted by atomic mass is 9.67. The Morgan fingerprint density at radius 2 is 1.65 bits per heavy atom. The fourth-order valence-corrected chi connectivity index (χ4v) is 2.62. The molecule has 0 radical (unpaired) electrons. The van der Waals surface area contributed by atoms with Crippen LogP contribution in [0.15, 0.2) is 35.5 Å². The minimum atomic E-state index is -0.533. The van der Waals surface area contributed by atoms with Gasteiger partial charge in [-0.15, -0.1) is 0 Å². The van der Waals surface area contributed by atoms with Gasteiger partial charge in [0.05, 0.1) is 11.2 Å². The maximum atomic E-state index is 10.4. The van der Waals surface area contributed by atoms with E-state index in [1.165, 1.54) is 0 Å². The van der Waals surface area contributed by atoms with Crippen LogP contribution in [0.2, 0.25) is 0 Å². The van der Waals surface area contributed by atoms with Crippen LogP contribution in [0.5, 0.6) is 0 Å². The third-order valence-corrected chi connectivity index (χ3v) is 4.52. The van der Waals surface area contributed by atoms with Crippen molar-refractivity contribution in [1.82, 2.24) is 0 Å². The maximum absolute atomic E-state index is 10.4. The summed E-state index contributed by atoms with van der Waals surface area (Å²) in [7, 11) is -0.533. The summed E-state index contributed by atoms with van der Waals surface area (Å²) in [4.78, 5) is 0. The highest BCUT2D eigenvalue weighted by molar-refractivity contribution is 6.56. The van der Waals surface area contributed by atoms with Gasteiger partial charge >= 0.3 is 7.12 Å². The van der Waals surface area contributed by atoms with Crippen LogP contribution in [0.25, 0.3) is 0 Å². The van der Waals surface area contributed by atoms with Crippen LogP contribution in [0, 0.1) is 5.41 Å². The molecule has 0 amide bonds. The Bertz CT molecular complexity index is 482. The molecule has 2 aliphatic rings. The smallest absolute Gasteiger partial charge is 0.498 e. The van der Waals surface area contributed by atoms with Gasteiger partial charge in [-0.3, -0.25) is 0 Å². The second-order valence-electron chi connectivity index (χ2n) is 7.43. The van der Waals surface area contributed by atoms with Crippen LogP contribution in [-0.2, 0) is 9.31 Å². The van der Waals surface area contributed by atoms with Crippen molar-refractivity contribution in [3.63, 3.8) is 0 Å². The molecule has 0 bridgehead atoms. The number of rotatable bonds is 2. The highest BCUT2D eigenvalue weighted by atomic mass is 16.7. The first-order valence-electron chi connectivity index (χ1n) is 7.12. The van der Waals surface area contributed by atoms with Crippen molar-refractivity contribution >= 4 is 7.12 Å². The maximum Gasteiger partial charge on any atom is 0.498 e. The van der Waals surface area contributed by atoms with Crippen LogP contribution in [-0.4, -0.2) is 23.4 Å². The SMILES string of the molecule is C=CC1=C(O)C(B2OC(C)(C)C(C)(C)O2)=CC(C)(C)C1. The Labute approximate surface area is 122 Å². The van der Waals surface area contributed by atoms with E-state index >= 15 is 0 Å². The van der Waals surface area contributed by atoms with Crippen LogP contribution in [0.4, 0.5) is 0 Å². The van der Waals surface area contributed by atoms with Gasteiger partial charge in [-0.1, -0.05) is 32.6 Å². The summed E-state index contributed by atoms with van der Waals surface area (Å²) in [6.45, 7) is 16.1. The molecule has 110 valence electrons. The van der Waals surface area contributed by atoms with Crippen LogP contribution in [0.3, 0.4) is 0 Å². The molecule has 1 heterocycles. The molecular weight excluding hydrogens is 251 g/mol. The first kappa shape index (κ1) is 15.4. The largest absolute Gasteiger partial charge is 0.508 e. The zero-order valence-corrected chi connectivity index (χ0v) is 13.4. The predicted octanol–water partition coefficient (Wildman–Crippen LogP) is 3.97. The van der Waals surface area contributed by atoms with E-state index in [2.05, 4.69) is 26.5 Å². The quantitative estimate of drug-likeness (QED) is 0.775. The Balaban J connectivity index is 2.40. The van der Waals surface area contributed by atoms with Crippen molar-refractivity contribution in [3.05, 3.63) is 35.5 Å². The standard InChI is InChI=1S/C16H25BO3/c1-8-11-9-14(2,3)10-12(13(11)18)17-19-15(4,5)16(6,7)20-17/h8,10,18H,1,9H2,2-7H3. The summed E-state index contributed by atoms with van der Waals surface area (Å²) in [6, 6.07) is 0. The van der Waals surface area contributed by atoms with Crippen molar-refractivity contribution < 1.29 is 14.4 Å². The van der Waals surface area contributed by atoms with Crippen LogP contribution in [0.1, 0.15) is 48.0 Å². The van der Waals surface area contributed by atoms with Gasteiger partial charge in [-0.2, -0.15) is 0 Å². The topological polar surface area (TPSA) is 38.7 Å². The summed E-state index contributed by atoms with van der Waals surface area (Å²) in [6.07, 6.45) is 4.54. The van der Waals surface area contributed by atoms with E-state index in [1.54, 1.807) is 6.08 Å². The zero-order chi connectivity index (χ0) is 15.3. The molecule has 1 aliphatic heterocycles. The lowest BCUT2D eigenvalue weighted by molar-refractivity contribution is 0.00578. The summed E-state index contributed by atoms with van der Waals surface area (Å²) in [5.74, 6) is 0.248. The highest BCUT2D eigenvalue weighted by Crippen LogP contribution is 2.43. The van der Waals surface area contributed by atoms with Crippen molar-refractivity contribution in [2.75, 3.05) is 0 Å². The van der Waals surface area contributed by atoms with Gasteiger partial charge in [0.1, 0.15) is 5.76 Å². The molecule has 0 spiro atoms. The number of aliphatic hydroxyl groups excluding tert-OH is 1. The van der Waals surface area contributed by atoms with Crippen molar-refractivity contribution in [2.24, 2.45) is 5.41 Å². The summed E-state index contributed by atoms with van der Waals surface area (Å²) in [5.41, 5.74) is 0.704. The second-order valence-corrected chi connectivity index (χ2v) is 7.43. The number of hydrogen-bond acceptors (Lipinski definition) is 3. The monoisotopic (exact) mass is 276 g/mol. The summed E-state index contributed by atoms with van der Waals surface area (Å²) < 4.78 is 12.1. The zero-order valence-electron chi connectivity index (χ0n) is 13.4. The fraction of sp³-hybridized carbons (Fsp3) is 0.625. The second kappa shape index (κ2) is 4.50. The number of allylic oxidation sites excluding steroid dienone is 4. The third-order valence-electron chi connectivity index (χ3n) is 4.52. The molecule has 0 saturated carbocycles. The Morgan fingerprint density at radius 3 is 2.10 bits per heavy atom. The molecule has 2 rings (SSSR count). The van der Waals surface area contributed by atoms with E-state index in [0.29, 0.717) is 0 Å². The first-order valence-corrected chi connectivity index (χ1v) is 7.12. The molecule has 0 unspecified atom stereocenters. The van der Waals surface area contributed by atoms with Gasteiger partial charge in [0, 0.05) is 5.47 Å². The Hall–Kier alpha value is -0.995. The van der Waals surface area contributed by atoms with Crippen molar-refractivity contribution in [1.29, 1.82) is 0 Å². The third kappa shape index (κ3) is 2.47. The number of aliphatic hydroxyl groups is 1. The molecule has 0 aromatic heterocycles. The molecule has 3 nitrogen and oxygen atoms in total. The van der Waals surface area contributed by atoms with Gasteiger partial charge in [-0.05, 0) is 45.1 Å². The first-order chi connectivity index (χ1) is 8.99. The normalized spacial score (nSPS) is 27.5. The Kier molecular flexibility index (Phi) is 3.47. The summed E-state index contributed by atoms with van der Waals surface area (Å²) in [5, 5.41) is 10.4.